The molecule has 1 heterocycles. The molecular formula is C20H17ClN2O4. The topological polar surface area (TPSA) is 69.7 Å². The Morgan fingerprint density at radius 2 is 1.81 bits per heavy atom. The number of benzene rings is 2. The molecule has 0 aliphatic rings. The molecule has 0 saturated heterocycles. The maximum absolute atomic E-state index is 12.2. The van der Waals surface area contributed by atoms with Gasteiger partial charge in [-0.1, -0.05) is 17.7 Å². The molecule has 0 aliphatic carbocycles. The van der Waals surface area contributed by atoms with Crippen molar-refractivity contribution in [3.8, 4) is 23.1 Å². The molecule has 7 heteroatoms. The van der Waals surface area contributed by atoms with Gasteiger partial charge >= 0.3 is 0 Å². The number of hydrogen-bond acceptors (Lipinski definition) is 5. The average Bonchev–Trinajstić information content (AvgIpc) is 2.69. The molecule has 0 aliphatic heterocycles. The molecule has 0 radical (unpaired) electrons. The van der Waals surface area contributed by atoms with Crippen LogP contribution in [0.5, 0.6) is 23.1 Å². The molecule has 0 bridgehead atoms. The number of carbonyl (C=O) groups is 1. The van der Waals surface area contributed by atoms with E-state index in [4.69, 9.17) is 25.8 Å². The van der Waals surface area contributed by atoms with Crippen LogP contribution >= 0.6 is 11.6 Å². The third-order valence-corrected chi connectivity index (χ3v) is 3.72. The quantitative estimate of drug-likeness (QED) is 0.647. The predicted molar refractivity (Wildman–Crippen MR) is 103 cm³/mol. The molecule has 2 aromatic carbocycles. The molecule has 1 N–H and O–H groups in total. The van der Waals surface area contributed by atoms with Crippen LogP contribution in [0.25, 0.3) is 0 Å². The van der Waals surface area contributed by atoms with E-state index in [2.05, 4.69) is 10.3 Å². The highest BCUT2D eigenvalue weighted by molar-refractivity contribution is 6.30. The number of ether oxygens (including phenoxy) is 3. The van der Waals surface area contributed by atoms with E-state index in [9.17, 15) is 4.79 Å². The Morgan fingerprint density at radius 3 is 2.56 bits per heavy atom. The lowest BCUT2D eigenvalue weighted by Gasteiger charge is -2.12. The minimum Gasteiger partial charge on any atom is -0.497 e. The van der Waals surface area contributed by atoms with Crippen molar-refractivity contribution < 1.29 is 19.0 Å². The molecule has 3 aromatic rings. The van der Waals surface area contributed by atoms with Crippen molar-refractivity contribution in [1.82, 2.24) is 4.98 Å². The van der Waals surface area contributed by atoms with Gasteiger partial charge in [0.2, 0.25) is 5.88 Å². The van der Waals surface area contributed by atoms with Gasteiger partial charge in [0.15, 0.2) is 6.61 Å². The molecule has 27 heavy (non-hydrogen) atoms. The molecule has 0 spiro atoms. The standard InChI is InChI=1S/C20H17ClN2O4/c1-25-15-7-9-16(10-8-15)27-20-18(6-3-11-22-20)23-19(24)13-26-17-5-2-4-14(21)12-17/h2-12H,13H2,1H3,(H,23,24). The van der Waals surface area contributed by atoms with Crippen LogP contribution in [0.4, 0.5) is 5.69 Å². The van der Waals surface area contributed by atoms with Crippen LogP contribution in [0, 0.1) is 0 Å². The third-order valence-electron chi connectivity index (χ3n) is 3.49. The van der Waals surface area contributed by atoms with E-state index in [1.807, 2.05) is 0 Å². The molecule has 0 unspecified atom stereocenters. The summed E-state index contributed by atoms with van der Waals surface area (Å²) in [5.41, 5.74) is 0.438. The van der Waals surface area contributed by atoms with Crippen LogP contribution < -0.4 is 19.5 Å². The van der Waals surface area contributed by atoms with Crippen molar-refractivity contribution in [1.29, 1.82) is 0 Å². The number of pyridine rings is 1. The number of aromatic nitrogens is 1. The predicted octanol–water partition coefficient (Wildman–Crippen LogP) is 4.55. The minimum atomic E-state index is -0.345. The van der Waals surface area contributed by atoms with Crippen LogP contribution in [0.1, 0.15) is 0 Å². The van der Waals surface area contributed by atoms with Crippen LogP contribution in [-0.4, -0.2) is 24.6 Å². The van der Waals surface area contributed by atoms with Gasteiger partial charge in [0.05, 0.1) is 7.11 Å². The van der Waals surface area contributed by atoms with Gasteiger partial charge in [-0.15, -0.1) is 0 Å². The highest BCUT2D eigenvalue weighted by atomic mass is 35.5. The van der Waals surface area contributed by atoms with Crippen molar-refractivity contribution in [2.75, 3.05) is 19.0 Å². The minimum absolute atomic E-state index is 0.169. The van der Waals surface area contributed by atoms with Crippen molar-refractivity contribution in [3.63, 3.8) is 0 Å². The van der Waals surface area contributed by atoms with Gasteiger partial charge in [0.25, 0.3) is 5.91 Å². The fraction of sp³-hybridized carbons (Fsp3) is 0.100. The Labute approximate surface area is 161 Å². The first-order valence-electron chi connectivity index (χ1n) is 8.09. The van der Waals surface area contributed by atoms with Gasteiger partial charge in [-0.2, -0.15) is 0 Å². The second-order valence-electron chi connectivity index (χ2n) is 5.43. The zero-order chi connectivity index (χ0) is 19.1. The Morgan fingerprint density at radius 1 is 1.04 bits per heavy atom. The normalized spacial score (nSPS) is 10.1. The SMILES string of the molecule is COc1ccc(Oc2ncccc2NC(=O)COc2cccc(Cl)c2)cc1. The largest absolute Gasteiger partial charge is 0.497 e. The third kappa shape index (κ3) is 5.36. The Bertz CT molecular complexity index is 916. The number of amides is 1. The fourth-order valence-electron chi connectivity index (χ4n) is 2.21. The van der Waals surface area contributed by atoms with Gasteiger partial charge in [0, 0.05) is 11.2 Å². The maximum Gasteiger partial charge on any atom is 0.262 e. The summed E-state index contributed by atoms with van der Waals surface area (Å²) in [6.07, 6.45) is 1.58. The Hall–Kier alpha value is -3.25. The lowest BCUT2D eigenvalue weighted by Crippen LogP contribution is -2.20. The van der Waals surface area contributed by atoms with Gasteiger partial charge in [-0.3, -0.25) is 4.79 Å². The molecule has 1 aromatic heterocycles. The van der Waals surface area contributed by atoms with Crippen molar-refractivity contribution in [2.45, 2.75) is 0 Å². The highest BCUT2D eigenvalue weighted by Gasteiger charge is 2.11. The summed E-state index contributed by atoms with van der Waals surface area (Å²) in [5, 5.41) is 3.27. The van der Waals surface area contributed by atoms with Crippen molar-refractivity contribution >= 4 is 23.2 Å². The molecule has 0 atom stereocenters. The first kappa shape index (κ1) is 18.5. The highest BCUT2D eigenvalue weighted by Crippen LogP contribution is 2.28. The number of carbonyl (C=O) groups excluding carboxylic acids is 1. The second kappa shape index (κ2) is 8.91. The fourth-order valence-corrected chi connectivity index (χ4v) is 2.39. The summed E-state index contributed by atoms with van der Waals surface area (Å²) in [6, 6.07) is 17.3. The van der Waals surface area contributed by atoms with Crippen molar-refractivity contribution in [2.24, 2.45) is 0 Å². The van der Waals surface area contributed by atoms with E-state index in [-0.39, 0.29) is 18.4 Å². The number of nitrogens with zero attached hydrogens (tertiary/aromatic N) is 1. The number of halogens is 1. The van der Waals surface area contributed by atoms with Gasteiger partial charge in [-0.05, 0) is 54.6 Å². The molecule has 0 fully saturated rings. The van der Waals surface area contributed by atoms with Gasteiger partial charge < -0.3 is 19.5 Å². The Balaban J connectivity index is 1.63. The molecule has 6 nitrogen and oxygen atoms in total. The molecule has 138 valence electrons. The van der Waals surface area contributed by atoms with Crippen LogP contribution in [-0.2, 0) is 4.79 Å². The summed E-state index contributed by atoms with van der Waals surface area (Å²) in [4.78, 5) is 16.4. The second-order valence-corrected chi connectivity index (χ2v) is 5.86. The monoisotopic (exact) mass is 384 g/mol. The molecule has 1 amide bonds. The lowest BCUT2D eigenvalue weighted by molar-refractivity contribution is -0.118. The summed E-state index contributed by atoms with van der Waals surface area (Å²) < 4.78 is 16.3. The molecule has 0 saturated carbocycles. The number of anilines is 1. The zero-order valence-electron chi connectivity index (χ0n) is 14.5. The summed E-state index contributed by atoms with van der Waals surface area (Å²) in [6.45, 7) is -0.169. The van der Waals surface area contributed by atoms with E-state index >= 15 is 0 Å². The van der Waals surface area contributed by atoms with Gasteiger partial charge in [0.1, 0.15) is 22.9 Å². The zero-order valence-corrected chi connectivity index (χ0v) is 15.3. The first-order valence-corrected chi connectivity index (χ1v) is 8.47. The summed E-state index contributed by atoms with van der Waals surface area (Å²) >= 11 is 5.89. The maximum atomic E-state index is 12.2. The Kier molecular flexibility index (Phi) is 6.12. The summed E-state index contributed by atoms with van der Waals surface area (Å²) in [7, 11) is 1.59. The van der Waals surface area contributed by atoms with Gasteiger partial charge in [-0.25, -0.2) is 4.98 Å². The van der Waals surface area contributed by atoms with E-state index < -0.39 is 0 Å². The van der Waals surface area contributed by atoms with Crippen LogP contribution in [0.2, 0.25) is 5.02 Å². The van der Waals surface area contributed by atoms with Crippen LogP contribution in [0.15, 0.2) is 66.9 Å². The van der Waals surface area contributed by atoms with E-state index in [0.29, 0.717) is 22.2 Å². The average molecular weight is 385 g/mol. The molecular weight excluding hydrogens is 368 g/mol. The number of nitrogens with one attached hydrogen (secondary N) is 1. The summed E-state index contributed by atoms with van der Waals surface area (Å²) in [5.74, 6) is 1.73. The number of methoxy groups -OCH3 is 1. The van der Waals surface area contributed by atoms with E-state index in [1.165, 1.54) is 0 Å². The first-order chi connectivity index (χ1) is 13.1. The van der Waals surface area contributed by atoms with Crippen molar-refractivity contribution in [3.05, 3.63) is 71.9 Å². The van der Waals surface area contributed by atoms with Crippen LogP contribution in [0.3, 0.4) is 0 Å². The number of hydrogen-bond donors (Lipinski definition) is 1. The molecule has 3 rings (SSSR count). The number of rotatable bonds is 7. The van der Waals surface area contributed by atoms with E-state index in [1.54, 1.807) is 74.0 Å². The smallest absolute Gasteiger partial charge is 0.262 e. The lowest BCUT2D eigenvalue weighted by atomic mass is 10.3. The van der Waals surface area contributed by atoms with E-state index in [0.717, 1.165) is 5.75 Å².